The molecule has 1 amide bonds. The zero-order chi connectivity index (χ0) is 20.1. The van der Waals surface area contributed by atoms with Gasteiger partial charge in [0.05, 0.1) is 5.39 Å². The molecule has 0 radical (unpaired) electrons. The van der Waals surface area contributed by atoms with Gasteiger partial charge in [-0.2, -0.15) is 5.10 Å². The molecule has 2 aliphatic rings. The van der Waals surface area contributed by atoms with Crippen LogP contribution in [0.2, 0.25) is 0 Å². The van der Waals surface area contributed by atoms with Gasteiger partial charge in [-0.05, 0) is 48.5 Å². The molecule has 0 unspecified atom stereocenters. The monoisotopic (exact) mass is 381 g/mol. The van der Waals surface area contributed by atoms with E-state index in [1.165, 1.54) is 11.1 Å². The predicted molar refractivity (Wildman–Crippen MR) is 111 cm³/mol. The summed E-state index contributed by atoms with van der Waals surface area (Å²) in [6.07, 6.45) is 5.27. The molecular formula is C23H31N3O2. The lowest BCUT2D eigenvalue weighted by atomic mass is 9.69. The zero-order valence-electron chi connectivity index (χ0n) is 17.4. The van der Waals surface area contributed by atoms with Crippen LogP contribution in [0.15, 0.2) is 29.1 Å². The van der Waals surface area contributed by atoms with Gasteiger partial charge in [-0.25, -0.2) is 4.68 Å². The first-order valence-electron chi connectivity index (χ1n) is 10.6. The van der Waals surface area contributed by atoms with Crippen LogP contribution in [0.4, 0.5) is 0 Å². The molecule has 1 heterocycles. The van der Waals surface area contributed by atoms with Crippen LogP contribution in [0.1, 0.15) is 70.3 Å². The van der Waals surface area contributed by atoms with E-state index in [-0.39, 0.29) is 28.3 Å². The molecule has 150 valence electrons. The summed E-state index contributed by atoms with van der Waals surface area (Å²) in [5.74, 6) is 0.502. The Hall–Kier alpha value is -2.17. The number of aromatic nitrogens is 2. The number of amides is 1. The molecule has 0 saturated heterocycles. The fourth-order valence-electron chi connectivity index (χ4n) is 5.51. The van der Waals surface area contributed by atoms with E-state index in [4.69, 9.17) is 0 Å². The maximum atomic E-state index is 13.3. The molecule has 28 heavy (non-hydrogen) atoms. The second-order valence-corrected chi connectivity index (χ2v) is 9.41. The van der Waals surface area contributed by atoms with Crippen molar-refractivity contribution in [3.05, 3.63) is 40.3 Å². The Morgan fingerprint density at radius 2 is 1.96 bits per heavy atom. The van der Waals surface area contributed by atoms with Gasteiger partial charge in [0.15, 0.2) is 5.69 Å². The Bertz CT molecular complexity index is 977. The minimum Gasteiger partial charge on any atom is -0.347 e. The second-order valence-electron chi connectivity index (χ2n) is 9.41. The van der Waals surface area contributed by atoms with Gasteiger partial charge in [-0.3, -0.25) is 9.59 Å². The van der Waals surface area contributed by atoms with E-state index in [0.717, 1.165) is 25.7 Å². The predicted octanol–water partition coefficient (Wildman–Crippen LogP) is 4.14. The first-order chi connectivity index (χ1) is 13.3. The molecule has 2 saturated carbocycles. The quantitative estimate of drug-likeness (QED) is 0.846. The van der Waals surface area contributed by atoms with Crippen LogP contribution in [0.25, 0.3) is 10.8 Å². The van der Waals surface area contributed by atoms with Crippen molar-refractivity contribution >= 4 is 16.7 Å². The third-order valence-corrected chi connectivity index (χ3v) is 7.91. The van der Waals surface area contributed by atoms with Crippen molar-refractivity contribution in [1.82, 2.24) is 15.1 Å². The fraction of sp³-hybridized carbons (Fsp3) is 0.609. The number of fused-ring (bicyclic) bond motifs is 3. The number of unbranched alkanes of at least 4 members (excludes halogenated alkanes) is 1. The SMILES string of the molecule is CCCCn1nc(C(=O)N[C@H]2C[C@H]3CC[C@@]2(C)C3(C)C)c2ccccc2c1=O. The highest BCUT2D eigenvalue weighted by Gasteiger charge is 2.61. The summed E-state index contributed by atoms with van der Waals surface area (Å²) in [5.41, 5.74) is 0.601. The molecule has 2 bridgehead atoms. The highest BCUT2D eigenvalue weighted by molar-refractivity contribution is 6.04. The summed E-state index contributed by atoms with van der Waals surface area (Å²) < 4.78 is 1.47. The standard InChI is InChI=1S/C23H31N3O2/c1-5-6-13-26-21(28)17-10-8-7-9-16(17)19(25-26)20(27)24-18-14-15-11-12-23(18,4)22(15,2)3/h7-10,15,18H,5-6,11-14H2,1-4H3,(H,24,27)/t15-,18+,23-/m1/s1. The average Bonchev–Trinajstić information content (AvgIpc) is 3.01. The second kappa shape index (κ2) is 6.71. The molecule has 0 spiro atoms. The summed E-state index contributed by atoms with van der Waals surface area (Å²) in [4.78, 5) is 26.1. The number of benzene rings is 1. The van der Waals surface area contributed by atoms with E-state index >= 15 is 0 Å². The number of rotatable bonds is 5. The van der Waals surface area contributed by atoms with Crippen LogP contribution in [-0.4, -0.2) is 21.7 Å². The van der Waals surface area contributed by atoms with E-state index in [1.807, 2.05) is 18.2 Å². The summed E-state index contributed by atoms with van der Waals surface area (Å²) >= 11 is 0. The maximum Gasteiger partial charge on any atom is 0.274 e. The first-order valence-corrected chi connectivity index (χ1v) is 10.6. The van der Waals surface area contributed by atoms with Crippen molar-refractivity contribution in [1.29, 1.82) is 0 Å². The van der Waals surface area contributed by atoms with Gasteiger partial charge in [-0.15, -0.1) is 0 Å². The van der Waals surface area contributed by atoms with Gasteiger partial charge in [0, 0.05) is 18.0 Å². The molecule has 2 fully saturated rings. The van der Waals surface area contributed by atoms with E-state index in [1.54, 1.807) is 6.07 Å². The molecule has 5 nitrogen and oxygen atoms in total. The summed E-state index contributed by atoms with van der Waals surface area (Å²) in [7, 11) is 0. The molecular weight excluding hydrogens is 350 g/mol. The number of carbonyl (C=O) groups is 1. The third-order valence-electron chi connectivity index (χ3n) is 7.91. The number of nitrogens with one attached hydrogen (secondary N) is 1. The van der Waals surface area contributed by atoms with E-state index in [9.17, 15) is 9.59 Å². The van der Waals surface area contributed by atoms with E-state index in [0.29, 0.717) is 28.9 Å². The van der Waals surface area contributed by atoms with Crippen LogP contribution in [0.5, 0.6) is 0 Å². The summed E-state index contributed by atoms with van der Waals surface area (Å²) in [6, 6.07) is 7.48. The van der Waals surface area contributed by atoms with Crippen molar-refractivity contribution in [3.8, 4) is 0 Å². The number of nitrogens with zero attached hydrogens (tertiary/aromatic N) is 2. The molecule has 2 aliphatic carbocycles. The smallest absolute Gasteiger partial charge is 0.274 e. The first kappa shape index (κ1) is 19.2. The lowest BCUT2D eigenvalue weighted by molar-refractivity contribution is 0.0821. The number of hydrogen-bond acceptors (Lipinski definition) is 3. The van der Waals surface area contributed by atoms with Crippen molar-refractivity contribution in [2.45, 2.75) is 72.4 Å². The number of carbonyl (C=O) groups excluding carboxylic acids is 1. The summed E-state index contributed by atoms with van der Waals surface area (Å²) in [5, 5.41) is 9.01. The van der Waals surface area contributed by atoms with E-state index in [2.05, 4.69) is 38.1 Å². The molecule has 5 heteroatoms. The number of aryl methyl sites for hydroxylation is 1. The van der Waals surface area contributed by atoms with Gasteiger partial charge >= 0.3 is 0 Å². The van der Waals surface area contributed by atoms with Gasteiger partial charge in [0.2, 0.25) is 0 Å². The number of hydrogen-bond donors (Lipinski definition) is 1. The van der Waals surface area contributed by atoms with Crippen molar-refractivity contribution in [3.63, 3.8) is 0 Å². The van der Waals surface area contributed by atoms with Crippen LogP contribution < -0.4 is 10.9 Å². The van der Waals surface area contributed by atoms with Crippen LogP contribution in [0, 0.1) is 16.7 Å². The van der Waals surface area contributed by atoms with Gasteiger partial charge in [0.1, 0.15) is 0 Å². The lowest BCUT2D eigenvalue weighted by Crippen LogP contribution is -2.47. The maximum absolute atomic E-state index is 13.3. The van der Waals surface area contributed by atoms with Crippen molar-refractivity contribution in [2.24, 2.45) is 16.7 Å². The topological polar surface area (TPSA) is 64.0 Å². The largest absolute Gasteiger partial charge is 0.347 e. The van der Waals surface area contributed by atoms with Crippen molar-refractivity contribution < 1.29 is 4.79 Å². The van der Waals surface area contributed by atoms with Crippen LogP contribution in [0.3, 0.4) is 0 Å². The van der Waals surface area contributed by atoms with Gasteiger partial charge < -0.3 is 5.32 Å². The highest BCUT2D eigenvalue weighted by Crippen LogP contribution is 2.65. The third kappa shape index (κ3) is 2.70. The normalized spacial score (nSPS) is 28.0. The van der Waals surface area contributed by atoms with Gasteiger partial charge in [0.25, 0.3) is 11.5 Å². The Morgan fingerprint density at radius 3 is 2.57 bits per heavy atom. The van der Waals surface area contributed by atoms with E-state index < -0.39 is 0 Å². The molecule has 1 N–H and O–H groups in total. The highest BCUT2D eigenvalue weighted by atomic mass is 16.2. The lowest BCUT2D eigenvalue weighted by Gasteiger charge is -2.39. The summed E-state index contributed by atoms with van der Waals surface area (Å²) in [6.45, 7) is 9.62. The Labute approximate surface area is 166 Å². The van der Waals surface area contributed by atoms with Crippen molar-refractivity contribution in [2.75, 3.05) is 0 Å². The molecule has 3 atom stereocenters. The minimum absolute atomic E-state index is 0.111. The molecule has 1 aromatic heterocycles. The Morgan fingerprint density at radius 1 is 1.25 bits per heavy atom. The Balaban J connectivity index is 1.70. The van der Waals surface area contributed by atoms with Gasteiger partial charge in [-0.1, -0.05) is 52.3 Å². The molecule has 4 rings (SSSR count). The van der Waals surface area contributed by atoms with Crippen LogP contribution >= 0.6 is 0 Å². The van der Waals surface area contributed by atoms with Crippen LogP contribution in [-0.2, 0) is 6.54 Å². The molecule has 1 aromatic carbocycles. The Kier molecular flexibility index (Phi) is 4.59. The molecule has 0 aliphatic heterocycles. The molecule has 2 aromatic rings. The zero-order valence-corrected chi connectivity index (χ0v) is 17.4. The fourth-order valence-corrected chi connectivity index (χ4v) is 5.51. The minimum atomic E-state index is -0.156. The average molecular weight is 382 g/mol.